The molecule has 2 heterocycles. The number of hydrogen-bond donors (Lipinski definition) is 2. The van der Waals surface area contributed by atoms with E-state index in [1.807, 2.05) is 35.7 Å². The summed E-state index contributed by atoms with van der Waals surface area (Å²) < 4.78 is 0. The van der Waals surface area contributed by atoms with Crippen LogP contribution in [0.15, 0.2) is 41.8 Å². The molecule has 140 valence electrons. The second-order valence-electron chi connectivity index (χ2n) is 6.18. The Balaban J connectivity index is 1.44. The maximum Gasteiger partial charge on any atom is 0.227 e. The molecule has 0 atom stereocenters. The normalized spacial score (nSPS) is 10.6. The van der Waals surface area contributed by atoms with E-state index in [-0.39, 0.29) is 18.2 Å². The summed E-state index contributed by atoms with van der Waals surface area (Å²) in [5.41, 5.74) is 2.95. The van der Waals surface area contributed by atoms with Crippen molar-refractivity contribution in [3.05, 3.63) is 57.1 Å². The number of benzene rings is 1. The Morgan fingerprint density at radius 3 is 2.59 bits per heavy atom. The topological polar surface area (TPSA) is 71.1 Å². The van der Waals surface area contributed by atoms with E-state index in [1.165, 1.54) is 21.1 Å². The van der Waals surface area contributed by atoms with Crippen LogP contribution in [0.1, 0.15) is 21.7 Å². The van der Waals surface area contributed by atoms with Gasteiger partial charge in [0.05, 0.1) is 12.1 Å². The van der Waals surface area contributed by atoms with E-state index in [2.05, 4.69) is 35.5 Å². The Bertz CT molecular complexity index is 932. The molecule has 0 bridgehead atoms. The third-order valence-electron chi connectivity index (χ3n) is 3.95. The van der Waals surface area contributed by atoms with Crippen molar-refractivity contribution in [2.75, 3.05) is 11.9 Å². The van der Waals surface area contributed by atoms with Crippen molar-refractivity contribution in [2.45, 2.75) is 26.7 Å². The number of aromatic nitrogens is 1. The van der Waals surface area contributed by atoms with E-state index < -0.39 is 0 Å². The molecule has 27 heavy (non-hydrogen) atoms. The van der Waals surface area contributed by atoms with Gasteiger partial charge in [0.15, 0.2) is 5.13 Å². The van der Waals surface area contributed by atoms with Crippen LogP contribution in [0.4, 0.5) is 5.13 Å². The molecule has 7 heteroatoms. The molecule has 3 rings (SSSR count). The van der Waals surface area contributed by atoms with Gasteiger partial charge >= 0.3 is 0 Å². The van der Waals surface area contributed by atoms with Crippen LogP contribution in [0, 0.1) is 13.8 Å². The number of carbonyl (C=O) groups excluding carboxylic acids is 2. The molecule has 5 nitrogen and oxygen atoms in total. The van der Waals surface area contributed by atoms with Gasteiger partial charge in [-0.1, -0.05) is 30.3 Å². The SMILES string of the molecule is Cc1cc(-c2csc(NC(=O)CCNC(=O)Cc3ccccc3)n2)c(C)s1. The standard InChI is InChI=1S/C20H21N3O2S2/c1-13-10-16(14(2)27-13)17-12-26-20(22-17)23-18(24)8-9-21-19(25)11-15-6-4-3-5-7-15/h3-7,10,12H,8-9,11H2,1-2H3,(H,21,25)(H,22,23,24). The Hall–Kier alpha value is -2.51. The first-order valence-electron chi connectivity index (χ1n) is 8.64. The first-order valence-corrected chi connectivity index (χ1v) is 10.3. The molecule has 0 radical (unpaired) electrons. The van der Waals surface area contributed by atoms with Crippen molar-refractivity contribution in [3.63, 3.8) is 0 Å². The molecule has 0 aliphatic carbocycles. The third-order valence-corrected chi connectivity index (χ3v) is 5.67. The van der Waals surface area contributed by atoms with Crippen molar-refractivity contribution < 1.29 is 9.59 Å². The summed E-state index contributed by atoms with van der Waals surface area (Å²) in [6.07, 6.45) is 0.531. The summed E-state index contributed by atoms with van der Waals surface area (Å²) in [7, 11) is 0. The minimum Gasteiger partial charge on any atom is -0.355 e. The number of nitrogens with zero attached hydrogens (tertiary/aromatic N) is 1. The minimum absolute atomic E-state index is 0.0890. The summed E-state index contributed by atoms with van der Waals surface area (Å²) >= 11 is 3.14. The predicted molar refractivity (Wildman–Crippen MR) is 111 cm³/mol. The predicted octanol–water partition coefficient (Wildman–Crippen LogP) is 4.18. The molecule has 0 aliphatic heterocycles. The summed E-state index contributed by atoms with van der Waals surface area (Å²) in [5.74, 6) is -0.247. The van der Waals surface area contributed by atoms with E-state index in [0.29, 0.717) is 18.1 Å². The fourth-order valence-electron chi connectivity index (χ4n) is 2.68. The molecular formula is C20H21N3O2S2. The summed E-state index contributed by atoms with van der Waals surface area (Å²) in [6, 6.07) is 11.6. The zero-order chi connectivity index (χ0) is 19.2. The van der Waals surface area contributed by atoms with Crippen LogP contribution < -0.4 is 10.6 Å². The molecule has 2 amide bonds. The first-order chi connectivity index (χ1) is 13.0. The second-order valence-corrected chi connectivity index (χ2v) is 8.49. The van der Waals surface area contributed by atoms with Crippen LogP contribution in [0.2, 0.25) is 0 Å². The average molecular weight is 400 g/mol. The third kappa shape index (κ3) is 5.48. The van der Waals surface area contributed by atoms with Crippen LogP contribution in [0.3, 0.4) is 0 Å². The molecule has 0 unspecified atom stereocenters. The molecular weight excluding hydrogens is 378 g/mol. The van der Waals surface area contributed by atoms with Gasteiger partial charge in [0, 0.05) is 33.7 Å². The van der Waals surface area contributed by atoms with E-state index in [9.17, 15) is 9.59 Å². The molecule has 0 saturated heterocycles. The van der Waals surface area contributed by atoms with Crippen LogP contribution in [0.5, 0.6) is 0 Å². The van der Waals surface area contributed by atoms with Crippen LogP contribution in [-0.4, -0.2) is 23.3 Å². The minimum atomic E-state index is -0.158. The van der Waals surface area contributed by atoms with E-state index in [4.69, 9.17) is 0 Å². The lowest BCUT2D eigenvalue weighted by Crippen LogP contribution is -2.28. The number of thiazole rings is 1. The summed E-state index contributed by atoms with van der Waals surface area (Å²) in [4.78, 5) is 30.9. The van der Waals surface area contributed by atoms with Gasteiger partial charge in [0.2, 0.25) is 11.8 Å². The van der Waals surface area contributed by atoms with Gasteiger partial charge in [-0.2, -0.15) is 0 Å². The van der Waals surface area contributed by atoms with Crippen molar-refractivity contribution in [1.82, 2.24) is 10.3 Å². The molecule has 0 saturated carbocycles. The summed E-state index contributed by atoms with van der Waals surface area (Å²) in [5, 5.41) is 8.10. The Labute approximate surface area is 166 Å². The highest BCUT2D eigenvalue weighted by Crippen LogP contribution is 2.32. The lowest BCUT2D eigenvalue weighted by Gasteiger charge is -2.05. The Morgan fingerprint density at radius 2 is 1.89 bits per heavy atom. The van der Waals surface area contributed by atoms with Crippen molar-refractivity contribution in [1.29, 1.82) is 0 Å². The van der Waals surface area contributed by atoms with Gasteiger partial charge in [0.1, 0.15) is 0 Å². The Morgan fingerprint density at radius 1 is 1.11 bits per heavy atom. The zero-order valence-electron chi connectivity index (χ0n) is 15.2. The Kier molecular flexibility index (Phi) is 6.36. The maximum atomic E-state index is 12.1. The monoisotopic (exact) mass is 399 g/mol. The lowest BCUT2D eigenvalue weighted by atomic mass is 10.1. The van der Waals surface area contributed by atoms with Gasteiger partial charge in [-0.15, -0.1) is 22.7 Å². The number of hydrogen-bond acceptors (Lipinski definition) is 5. The fraction of sp³-hybridized carbons (Fsp3) is 0.250. The average Bonchev–Trinajstić information content (AvgIpc) is 3.21. The first kappa shape index (κ1) is 19.3. The van der Waals surface area contributed by atoms with Crippen LogP contribution in [0.25, 0.3) is 11.3 Å². The highest BCUT2D eigenvalue weighted by Gasteiger charge is 2.12. The van der Waals surface area contributed by atoms with Crippen LogP contribution >= 0.6 is 22.7 Å². The van der Waals surface area contributed by atoms with Gasteiger partial charge < -0.3 is 10.6 Å². The van der Waals surface area contributed by atoms with Crippen molar-refractivity contribution in [3.8, 4) is 11.3 Å². The number of thiophene rings is 1. The van der Waals surface area contributed by atoms with E-state index in [0.717, 1.165) is 16.8 Å². The largest absolute Gasteiger partial charge is 0.355 e. The zero-order valence-corrected chi connectivity index (χ0v) is 16.9. The number of amides is 2. The number of rotatable bonds is 7. The highest BCUT2D eigenvalue weighted by atomic mass is 32.1. The molecule has 2 N–H and O–H groups in total. The second kappa shape index (κ2) is 8.92. The smallest absolute Gasteiger partial charge is 0.227 e. The molecule has 1 aromatic carbocycles. The van der Waals surface area contributed by atoms with Gasteiger partial charge in [-0.3, -0.25) is 9.59 Å². The fourth-order valence-corrected chi connectivity index (χ4v) is 4.34. The number of aryl methyl sites for hydroxylation is 2. The van der Waals surface area contributed by atoms with Crippen LogP contribution in [-0.2, 0) is 16.0 Å². The van der Waals surface area contributed by atoms with E-state index >= 15 is 0 Å². The van der Waals surface area contributed by atoms with Crippen molar-refractivity contribution >= 4 is 39.6 Å². The number of carbonyl (C=O) groups is 2. The van der Waals surface area contributed by atoms with Gasteiger partial charge in [-0.25, -0.2) is 4.98 Å². The maximum absolute atomic E-state index is 12.1. The molecule has 2 aromatic heterocycles. The number of nitrogens with one attached hydrogen (secondary N) is 2. The number of anilines is 1. The van der Waals surface area contributed by atoms with Crippen molar-refractivity contribution in [2.24, 2.45) is 0 Å². The molecule has 0 spiro atoms. The van der Waals surface area contributed by atoms with Gasteiger partial charge in [-0.05, 0) is 25.5 Å². The van der Waals surface area contributed by atoms with Gasteiger partial charge in [0.25, 0.3) is 0 Å². The van der Waals surface area contributed by atoms with E-state index in [1.54, 1.807) is 11.3 Å². The highest BCUT2D eigenvalue weighted by molar-refractivity contribution is 7.14. The summed E-state index contributed by atoms with van der Waals surface area (Å²) in [6.45, 7) is 4.45. The molecule has 0 aliphatic rings. The quantitative estimate of drug-likeness (QED) is 0.626. The lowest BCUT2D eigenvalue weighted by molar-refractivity contribution is -0.120. The molecule has 0 fully saturated rings. The molecule has 3 aromatic rings.